The van der Waals surface area contributed by atoms with Gasteiger partial charge in [0.2, 0.25) is 0 Å². The summed E-state index contributed by atoms with van der Waals surface area (Å²) in [4.78, 5) is 0. The fourth-order valence-electron chi connectivity index (χ4n) is 3.93. The summed E-state index contributed by atoms with van der Waals surface area (Å²) in [5.74, 6) is 0. The highest BCUT2D eigenvalue weighted by molar-refractivity contribution is 5.65. The van der Waals surface area contributed by atoms with Gasteiger partial charge in [0.25, 0.3) is 0 Å². The smallest absolute Gasteiger partial charge is 0.247 e. The van der Waals surface area contributed by atoms with Gasteiger partial charge in [-0.15, -0.1) is 5.10 Å². The lowest BCUT2D eigenvalue weighted by Gasteiger charge is -2.14. The number of aromatic nitrogens is 5. The first-order valence-electron chi connectivity index (χ1n) is 11.0. The van der Waals surface area contributed by atoms with Crippen LogP contribution in [0.5, 0.6) is 0 Å². The molecule has 0 radical (unpaired) electrons. The topological polar surface area (TPSA) is 48.5 Å². The molecule has 5 rings (SSSR count). The monoisotopic (exact) mass is 513 g/mol. The second-order valence-electron chi connectivity index (χ2n) is 8.21. The molecule has 0 unspecified atom stereocenters. The molecule has 0 bridgehead atoms. The van der Waals surface area contributed by atoms with Crippen molar-refractivity contribution in [3.8, 4) is 28.2 Å². The van der Waals surface area contributed by atoms with Gasteiger partial charge in [0, 0.05) is 22.9 Å². The van der Waals surface area contributed by atoms with E-state index in [2.05, 4.69) is 10.3 Å². The molecule has 0 saturated carbocycles. The highest BCUT2D eigenvalue weighted by atomic mass is 19.4. The van der Waals surface area contributed by atoms with Crippen LogP contribution in [0.4, 0.5) is 26.3 Å². The van der Waals surface area contributed by atoms with Crippen LogP contribution in [0, 0.1) is 0 Å². The molecule has 2 aromatic heterocycles. The van der Waals surface area contributed by atoms with E-state index in [1.54, 1.807) is 10.9 Å². The van der Waals surface area contributed by atoms with Crippen LogP contribution < -0.4 is 0 Å². The molecule has 0 aliphatic heterocycles. The van der Waals surface area contributed by atoms with Crippen molar-refractivity contribution in [1.82, 2.24) is 24.8 Å². The van der Waals surface area contributed by atoms with Gasteiger partial charge in [0.05, 0.1) is 35.2 Å². The van der Waals surface area contributed by atoms with E-state index in [4.69, 9.17) is 5.10 Å². The lowest BCUT2D eigenvalue weighted by molar-refractivity contribution is -0.142. The maximum atomic E-state index is 13.6. The highest BCUT2D eigenvalue weighted by Crippen LogP contribution is 2.40. The second-order valence-corrected chi connectivity index (χ2v) is 8.21. The molecule has 5 aromatic rings. The van der Waals surface area contributed by atoms with E-state index in [0.29, 0.717) is 11.8 Å². The van der Waals surface area contributed by atoms with Crippen LogP contribution in [0.1, 0.15) is 16.7 Å². The van der Waals surface area contributed by atoms with E-state index in [9.17, 15) is 26.3 Å². The Hall–Kier alpha value is -4.41. The van der Waals surface area contributed by atoms with Gasteiger partial charge >= 0.3 is 12.4 Å². The standard InChI is InChI=1S/C26H17F6N5/c27-25(28,29)19-11-12-21(22(13-19)26(30,31)32)23-16-36(35-33-23)14-18-15-37(20-9-5-2-6-10-20)34-24(18)17-7-3-1-4-8-17/h1-13,15-16H,14H2. The van der Waals surface area contributed by atoms with Crippen LogP contribution >= 0.6 is 0 Å². The van der Waals surface area contributed by atoms with Gasteiger partial charge in [0.1, 0.15) is 5.69 Å². The predicted molar refractivity (Wildman–Crippen MR) is 124 cm³/mol. The Morgan fingerprint density at radius 2 is 1.41 bits per heavy atom. The lowest BCUT2D eigenvalue weighted by atomic mass is 10.0. The first-order valence-corrected chi connectivity index (χ1v) is 11.0. The van der Waals surface area contributed by atoms with Crippen LogP contribution in [-0.4, -0.2) is 24.8 Å². The van der Waals surface area contributed by atoms with Gasteiger partial charge in [0.15, 0.2) is 0 Å². The zero-order chi connectivity index (χ0) is 26.2. The summed E-state index contributed by atoms with van der Waals surface area (Å²) < 4.78 is 83.0. The number of halogens is 6. The minimum absolute atomic E-state index is 0.0890. The number of alkyl halides is 6. The highest BCUT2D eigenvalue weighted by Gasteiger charge is 2.38. The van der Waals surface area contributed by atoms with E-state index in [-0.39, 0.29) is 18.3 Å². The van der Waals surface area contributed by atoms with Gasteiger partial charge in [-0.1, -0.05) is 59.8 Å². The summed E-state index contributed by atoms with van der Waals surface area (Å²) in [7, 11) is 0. The molecule has 0 fully saturated rings. The van der Waals surface area contributed by atoms with Crippen molar-refractivity contribution < 1.29 is 26.3 Å². The van der Waals surface area contributed by atoms with Crippen molar-refractivity contribution >= 4 is 0 Å². The van der Waals surface area contributed by atoms with Crippen molar-refractivity contribution in [1.29, 1.82) is 0 Å². The number of benzene rings is 3. The molecule has 188 valence electrons. The molecule has 5 nitrogen and oxygen atoms in total. The molecule has 0 saturated heterocycles. The predicted octanol–water partition coefficient (Wildman–Crippen LogP) is 6.88. The summed E-state index contributed by atoms with van der Waals surface area (Å²) >= 11 is 0. The zero-order valence-electron chi connectivity index (χ0n) is 18.9. The van der Waals surface area contributed by atoms with Gasteiger partial charge in [-0.2, -0.15) is 31.4 Å². The number of nitrogens with zero attached hydrogens (tertiary/aromatic N) is 5. The van der Waals surface area contributed by atoms with Crippen LogP contribution in [0.2, 0.25) is 0 Å². The van der Waals surface area contributed by atoms with Gasteiger partial charge in [-0.3, -0.25) is 0 Å². The summed E-state index contributed by atoms with van der Waals surface area (Å²) in [5, 5.41) is 12.5. The van der Waals surface area contributed by atoms with Crippen molar-refractivity contribution in [3.05, 3.63) is 108 Å². The third-order valence-electron chi connectivity index (χ3n) is 5.66. The Bertz CT molecular complexity index is 1520. The summed E-state index contributed by atoms with van der Waals surface area (Å²) in [6, 6.07) is 20.2. The summed E-state index contributed by atoms with van der Waals surface area (Å²) in [6.07, 6.45) is -6.87. The molecular weight excluding hydrogens is 496 g/mol. The number of hydrogen-bond donors (Lipinski definition) is 0. The van der Waals surface area contributed by atoms with Crippen molar-refractivity contribution in [2.24, 2.45) is 0 Å². The first-order chi connectivity index (χ1) is 17.6. The lowest BCUT2D eigenvalue weighted by Crippen LogP contribution is -2.12. The van der Waals surface area contributed by atoms with Crippen molar-refractivity contribution in [3.63, 3.8) is 0 Å². The average molecular weight is 513 g/mol. The molecule has 2 heterocycles. The van der Waals surface area contributed by atoms with Gasteiger partial charge < -0.3 is 0 Å². The number of hydrogen-bond acceptors (Lipinski definition) is 3. The maximum Gasteiger partial charge on any atom is 0.417 e. The van der Waals surface area contributed by atoms with Crippen LogP contribution in [0.3, 0.4) is 0 Å². The molecule has 37 heavy (non-hydrogen) atoms. The Morgan fingerprint density at radius 3 is 2.05 bits per heavy atom. The molecule has 0 spiro atoms. The van der Waals surface area contributed by atoms with Crippen LogP contribution in [0.15, 0.2) is 91.3 Å². The quantitative estimate of drug-likeness (QED) is 0.241. The third kappa shape index (κ3) is 5.11. The Kier molecular flexibility index (Phi) is 6.06. The zero-order valence-corrected chi connectivity index (χ0v) is 18.9. The molecule has 3 aromatic carbocycles. The van der Waals surface area contributed by atoms with Crippen LogP contribution in [-0.2, 0) is 18.9 Å². The fraction of sp³-hybridized carbons (Fsp3) is 0.115. The third-order valence-corrected chi connectivity index (χ3v) is 5.66. The molecule has 0 aliphatic carbocycles. The molecule has 0 N–H and O–H groups in total. The van der Waals surface area contributed by atoms with E-state index < -0.39 is 29.0 Å². The Labute approximate surface area is 206 Å². The van der Waals surface area contributed by atoms with Crippen LogP contribution in [0.25, 0.3) is 28.2 Å². The van der Waals surface area contributed by atoms with E-state index in [1.165, 1.54) is 10.9 Å². The molecule has 0 atom stereocenters. The Balaban J connectivity index is 1.52. The minimum atomic E-state index is -5.02. The van der Waals surface area contributed by atoms with E-state index in [0.717, 1.165) is 22.9 Å². The molecule has 11 heteroatoms. The molecule has 0 amide bonds. The largest absolute Gasteiger partial charge is 0.417 e. The first kappa shape index (κ1) is 24.3. The molecular formula is C26H17F6N5. The minimum Gasteiger partial charge on any atom is -0.247 e. The second kappa shape index (κ2) is 9.23. The Morgan fingerprint density at radius 1 is 0.730 bits per heavy atom. The molecule has 0 aliphatic rings. The van der Waals surface area contributed by atoms with Gasteiger partial charge in [-0.05, 0) is 24.3 Å². The summed E-state index contributed by atoms with van der Waals surface area (Å²) in [6.45, 7) is 0.117. The van der Waals surface area contributed by atoms with Crippen molar-refractivity contribution in [2.75, 3.05) is 0 Å². The fourth-order valence-corrected chi connectivity index (χ4v) is 3.93. The van der Waals surface area contributed by atoms with E-state index in [1.807, 2.05) is 60.7 Å². The normalized spacial score (nSPS) is 12.2. The van der Waals surface area contributed by atoms with Crippen molar-refractivity contribution in [2.45, 2.75) is 18.9 Å². The average Bonchev–Trinajstić information content (AvgIpc) is 3.51. The summed E-state index contributed by atoms with van der Waals surface area (Å²) in [5.41, 5.74) is -0.512. The van der Waals surface area contributed by atoms with Gasteiger partial charge in [-0.25, -0.2) is 9.36 Å². The number of para-hydroxylation sites is 1. The SMILES string of the molecule is FC(F)(F)c1ccc(-c2cn(Cc3cn(-c4ccccc4)nc3-c3ccccc3)nn2)c(C(F)(F)F)c1. The maximum absolute atomic E-state index is 13.6. The number of rotatable bonds is 5. The van der Waals surface area contributed by atoms with E-state index >= 15 is 0 Å².